The molecule has 1 aliphatic carbocycles. The fraction of sp³-hybridized carbons (Fsp3) is 1.00. The molecule has 3 saturated heterocycles. The summed E-state index contributed by atoms with van der Waals surface area (Å²) in [7, 11) is 1.60. The van der Waals surface area contributed by atoms with E-state index in [1.54, 1.807) is 7.05 Å². The van der Waals surface area contributed by atoms with Crippen molar-refractivity contribution in [3.05, 3.63) is 0 Å². The predicted molar refractivity (Wildman–Crippen MR) is 115 cm³/mol. The highest BCUT2D eigenvalue weighted by Gasteiger charge is 2.67. The van der Waals surface area contributed by atoms with Gasteiger partial charge in [-0.1, -0.05) is 0 Å². The summed E-state index contributed by atoms with van der Waals surface area (Å²) in [6.45, 7) is -1.33. The van der Waals surface area contributed by atoms with Crippen LogP contribution in [0.5, 0.6) is 0 Å². The van der Waals surface area contributed by atoms with Crippen molar-refractivity contribution in [2.24, 2.45) is 11.5 Å². The standard InChI is InChI=1S/C20H37N3O13/c1-23-7-2-5(21)9(26)15(10(7)27)33-19-17-16(11(28)8(4-25)32-19)35-20(36-17)18(31)13(30)12(29)14(34-20)6(22)3-24/h5-19,23-31H,2-4,21-22H2,1H3/t5-,6+,7+,8-,9+,10+,11-,12-,13+,14-,15-,16+,17+,18+,19+,20?/m1/s1. The molecule has 1 saturated carbocycles. The van der Waals surface area contributed by atoms with Gasteiger partial charge in [-0.25, -0.2) is 0 Å². The number of aliphatic hydroxyl groups is 8. The molecule has 0 aromatic carbocycles. The van der Waals surface area contributed by atoms with Crippen LogP contribution in [-0.2, 0) is 23.7 Å². The van der Waals surface area contributed by atoms with Crippen LogP contribution in [0, 0.1) is 0 Å². The number of rotatable bonds is 6. The second-order valence-corrected chi connectivity index (χ2v) is 9.72. The number of ether oxygens (including phenoxy) is 5. The third kappa shape index (κ3) is 4.68. The van der Waals surface area contributed by atoms with Crippen LogP contribution >= 0.6 is 0 Å². The normalized spacial score (nSPS) is 54.4. The number of fused-ring (bicyclic) bond motifs is 1. The van der Waals surface area contributed by atoms with Gasteiger partial charge in [-0.15, -0.1) is 0 Å². The highest BCUT2D eigenvalue weighted by Crippen LogP contribution is 2.45. The van der Waals surface area contributed by atoms with Gasteiger partial charge in [-0.3, -0.25) is 0 Å². The second-order valence-electron chi connectivity index (χ2n) is 9.72. The Kier molecular flexibility index (Phi) is 8.55. The molecular formula is C20H37N3O13. The molecule has 3 aliphatic heterocycles. The maximum Gasteiger partial charge on any atom is 0.314 e. The maximum atomic E-state index is 10.7. The third-order valence-electron chi connectivity index (χ3n) is 7.42. The average Bonchev–Trinajstić information content (AvgIpc) is 3.27. The summed E-state index contributed by atoms with van der Waals surface area (Å²) in [6, 6.07) is -2.50. The first-order valence-electron chi connectivity index (χ1n) is 11.8. The summed E-state index contributed by atoms with van der Waals surface area (Å²) in [5.74, 6) is -2.48. The molecule has 4 fully saturated rings. The molecular weight excluding hydrogens is 490 g/mol. The fourth-order valence-corrected chi connectivity index (χ4v) is 5.23. The highest BCUT2D eigenvalue weighted by molar-refractivity contribution is 5.05. The van der Waals surface area contributed by atoms with Gasteiger partial charge in [-0.05, 0) is 13.5 Å². The Labute approximate surface area is 206 Å². The lowest BCUT2D eigenvalue weighted by atomic mass is 9.84. The smallest absolute Gasteiger partial charge is 0.314 e. The molecule has 1 unspecified atom stereocenters. The molecule has 1 spiro atoms. The van der Waals surface area contributed by atoms with Crippen molar-refractivity contribution in [2.75, 3.05) is 20.3 Å². The van der Waals surface area contributed by atoms with Gasteiger partial charge >= 0.3 is 5.97 Å². The molecule has 13 N–H and O–H groups in total. The minimum atomic E-state index is -2.48. The van der Waals surface area contributed by atoms with Crippen LogP contribution < -0.4 is 16.8 Å². The molecule has 16 heteroatoms. The third-order valence-corrected chi connectivity index (χ3v) is 7.42. The minimum Gasteiger partial charge on any atom is -0.395 e. The van der Waals surface area contributed by atoms with Crippen LogP contribution in [0.15, 0.2) is 0 Å². The van der Waals surface area contributed by atoms with E-state index in [9.17, 15) is 40.9 Å². The van der Waals surface area contributed by atoms with Crippen molar-refractivity contribution in [2.45, 2.75) is 104 Å². The number of nitrogens with one attached hydrogen (secondary N) is 1. The molecule has 3 heterocycles. The predicted octanol–water partition coefficient (Wildman–Crippen LogP) is -7.27. The lowest BCUT2D eigenvalue weighted by molar-refractivity contribution is -0.439. The van der Waals surface area contributed by atoms with Gasteiger partial charge in [0, 0.05) is 12.1 Å². The lowest BCUT2D eigenvalue weighted by Gasteiger charge is -2.46. The molecule has 4 rings (SSSR count). The summed E-state index contributed by atoms with van der Waals surface area (Å²) in [6.07, 6.45) is -17.7. The SMILES string of the molecule is CN[C@H]1C[C@@H](N)[C@H](O)[C@@H](O[C@@H]2O[C@H](CO)[C@@H](O)[C@@H]3OC4(O[C@H]23)O[C@H]([C@@H](N)CO)[C@H](O)[C@H](O)[C@@H]4O)[C@H]1O. The largest absolute Gasteiger partial charge is 0.395 e. The first-order chi connectivity index (χ1) is 17.0. The average molecular weight is 528 g/mol. The number of hydrogen-bond donors (Lipinski definition) is 11. The molecule has 0 aromatic rings. The summed E-state index contributed by atoms with van der Waals surface area (Å²) in [4.78, 5) is 0. The summed E-state index contributed by atoms with van der Waals surface area (Å²) in [5.41, 5.74) is 11.8. The Bertz CT molecular complexity index is 756. The Morgan fingerprint density at radius 2 is 1.61 bits per heavy atom. The van der Waals surface area contributed by atoms with E-state index in [0.717, 1.165) is 0 Å². The van der Waals surface area contributed by atoms with Crippen molar-refractivity contribution in [1.82, 2.24) is 5.32 Å². The van der Waals surface area contributed by atoms with E-state index in [0.29, 0.717) is 0 Å². The zero-order valence-electron chi connectivity index (χ0n) is 19.6. The Morgan fingerprint density at radius 1 is 0.944 bits per heavy atom. The lowest BCUT2D eigenvalue weighted by Crippen LogP contribution is -2.69. The first kappa shape index (κ1) is 28.4. The van der Waals surface area contributed by atoms with Gasteiger partial charge in [0.2, 0.25) is 0 Å². The van der Waals surface area contributed by atoms with E-state index in [2.05, 4.69) is 5.32 Å². The van der Waals surface area contributed by atoms with Crippen molar-refractivity contribution in [1.29, 1.82) is 0 Å². The van der Waals surface area contributed by atoms with Crippen LogP contribution in [0.4, 0.5) is 0 Å². The monoisotopic (exact) mass is 527 g/mol. The molecule has 16 nitrogen and oxygen atoms in total. The second kappa shape index (κ2) is 10.9. The number of aliphatic hydroxyl groups excluding tert-OH is 8. The van der Waals surface area contributed by atoms with Crippen LogP contribution in [0.25, 0.3) is 0 Å². The number of nitrogens with two attached hydrogens (primary N) is 2. The molecule has 4 aliphatic rings. The van der Waals surface area contributed by atoms with Gasteiger partial charge < -0.3 is 81.3 Å². The molecule has 210 valence electrons. The highest BCUT2D eigenvalue weighted by atomic mass is 16.9. The summed E-state index contributed by atoms with van der Waals surface area (Å²) >= 11 is 0. The molecule has 0 amide bonds. The van der Waals surface area contributed by atoms with E-state index in [4.69, 9.17) is 35.2 Å². The number of hydrogen-bond acceptors (Lipinski definition) is 16. The molecule has 0 radical (unpaired) electrons. The Morgan fingerprint density at radius 3 is 2.22 bits per heavy atom. The summed E-state index contributed by atoms with van der Waals surface area (Å²) < 4.78 is 28.7. The van der Waals surface area contributed by atoms with Gasteiger partial charge in [0.25, 0.3) is 0 Å². The van der Waals surface area contributed by atoms with Gasteiger partial charge in [0.1, 0.15) is 48.8 Å². The molecule has 16 atom stereocenters. The van der Waals surface area contributed by atoms with Gasteiger partial charge in [0.05, 0.1) is 31.5 Å². The molecule has 36 heavy (non-hydrogen) atoms. The fourth-order valence-electron chi connectivity index (χ4n) is 5.23. The van der Waals surface area contributed by atoms with Gasteiger partial charge in [0.15, 0.2) is 12.4 Å². The zero-order chi connectivity index (χ0) is 26.5. The van der Waals surface area contributed by atoms with Crippen LogP contribution in [0.3, 0.4) is 0 Å². The van der Waals surface area contributed by atoms with E-state index in [1.165, 1.54) is 0 Å². The quantitative estimate of drug-likeness (QED) is 0.153. The van der Waals surface area contributed by atoms with Crippen molar-refractivity contribution in [3.8, 4) is 0 Å². The number of likely N-dealkylation sites (N-methyl/N-ethyl adjacent to an activating group) is 1. The van der Waals surface area contributed by atoms with Crippen molar-refractivity contribution in [3.63, 3.8) is 0 Å². The van der Waals surface area contributed by atoms with Crippen molar-refractivity contribution < 1.29 is 64.5 Å². The van der Waals surface area contributed by atoms with E-state index in [1.807, 2.05) is 0 Å². The van der Waals surface area contributed by atoms with E-state index >= 15 is 0 Å². The van der Waals surface area contributed by atoms with E-state index in [-0.39, 0.29) is 6.42 Å². The zero-order valence-corrected chi connectivity index (χ0v) is 19.6. The topological polar surface area (TPSA) is 272 Å². The van der Waals surface area contributed by atoms with Gasteiger partial charge in [-0.2, -0.15) is 0 Å². The first-order valence-corrected chi connectivity index (χ1v) is 11.8. The van der Waals surface area contributed by atoms with E-state index < -0.39 is 111 Å². The van der Waals surface area contributed by atoms with Crippen LogP contribution in [0.1, 0.15) is 6.42 Å². The molecule has 0 bridgehead atoms. The Balaban J connectivity index is 1.62. The summed E-state index contributed by atoms with van der Waals surface area (Å²) in [5, 5.41) is 85.6. The molecule has 0 aromatic heterocycles. The Hall–Kier alpha value is -0.640. The van der Waals surface area contributed by atoms with Crippen LogP contribution in [-0.4, -0.2) is 159 Å². The minimum absolute atomic E-state index is 0.254. The van der Waals surface area contributed by atoms with Crippen molar-refractivity contribution >= 4 is 0 Å². The maximum absolute atomic E-state index is 10.7. The van der Waals surface area contributed by atoms with Crippen LogP contribution in [0.2, 0.25) is 0 Å².